The van der Waals surface area contributed by atoms with Gasteiger partial charge in [-0.25, -0.2) is 4.39 Å². The summed E-state index contributed by atoms with van der Waals surface area (Å²) in [5, 5.41) is 3.12. The number of hydrogen-bond donors (Lipinski definition) is 2. The molecule has 0 bridgehead atoms. The summed E-state index contributed by atoms with van der Waals surface area (Å²) < 4.78 is 13.9. The fourth-order valence-corrected chi connectivity index (χ4v) is 2.10. The molecule has 0 aliphatic heterocycles. The summed E-state index contributed by atoms with van der Waals surface area (Å²) in [5.41, 5.74) is 7.70. The molecule has 0 spiro atoms. The summed E-state index contributed by atoms with van der Waals surface area (Å²) in [6, 6.07) is 14.9. The summed E-state index contributed by atoms with van der Waals surface area (Å²) in [6.07, 6.45) is 0. The molecule has 0 radical (unpaired) electrons. The molecule has 1 unspecified atom stereocenters. The molecule has 4 heteroatoms. The van der Waals surface area contributed by atoms with Gasteiger partial charge in [-0.15, -0.1) is 0 Å². The Kier molecular flexibility index (Phi) is 4.69. The topological polar surface area (TPSA) is 38.0 Å². The van der Waals surface area contributed by atoms with Crippen LogP contribution in [0.2, 0.25) is 0 Å². The summed E-state index contributed by atoms with van der Waals surface area (Å²) in [4.78, 5) is 0.202. The van der Waals surface area contributed by atoms with Crippen LogP contribution in [0.4, 0.5) is 10.1 Å². The van der Waals surface area contributed by atoms with Gasteiger partial charge in [-0.2, -0.15) is 0 Å². The molecular weight excluding hydrogens is 271 g/mol. The molecule has 0 amide bonds. The predicted molar refractivity (Wildman–Crippen MR) is 85.6 cm³/mol. The molecule has 0 fully saturated rings. The van der Waals surface area contributed by atoms with Gasteiger partial charge in [0.05, 0.1) is 5.69 Å². The van der Waals surface area contributed by atoms with Gasteiger partial charge in [-0.3, -0.25) is 0 Å². The highest BCUT2D eigenvalue weighted by atomic mass is 32.1. The molecule has 0 aromatic heterocycles. The van der Waals surface area contributed by atoms with Crippen molar-refractivity contribution in [1.82, 2.24) is 0 Å². The third-order valence-corrected chi connectivity index (χ3v) is 3.46. The average Bonchev–Trinajstić information content (AvgIpc) is 2.46. The Labute approximate surface area is 123 Å². The number of rotatable bonds is 5. The zero-order valence-electron chi connectivity index (χ0n) is 11.3. The predicted octanol–water partition coefficient (Wildman–Crippen LogP) is 3.68. The number of nitrogens with one attached hydrogen (secondary N) is 1. The van der Waals surface area contributed by atoms with E-state index in [-0.39, 0.29) is 10.8 Å². The van der Waals surface area contributed by atoms with Crippen LogP contribution in [0.25, 0.3) is 0 Å². The SMILES string of the molecule is CC(CNc1ccc(C(N)=S)cc1F)c1ccccc1. The van der Waals surface area contributed by atoms with Crippen LogP contribution in [0.5, 0.6) is 0 Å². The molecule has 2 aromatic rings. The molecule has 0 heterocycles. The molecule has 3 N–H and O–H groups in total. The Morgan fingerprint density at radius 2 is 1.95 bits per heavy atom. The van der Waals surface area contributed by atoms with Crippen molar-refractivity contribution in [1.29, 1.82) is 0 Å². The molecule has 20 heavy (non-hydrogen) atoms. The minimum atomic E-state index is -0.337. The Balaban J connectivity index is 2.02. The number of anilines is 1. The van der Waals surface area contributed by atoms with Gasteiger partial charge in [0, 0.05) is 12.1 Å². The maximum absolute atomic E-state index is 13.9. The van der Waals surface area contributed by atoms with Crippen molar-refractivity contribution in [3.63, 3.8) is 0 Å². The Hall–Kier alpha value is -1.94. The van der Waals surface area contributed by atoms with E-state index in [2.05, 4.69) is 24.4 Å². The Morgan fingerprint density at radius 3 is 2.55 bits per heavy atom. The lowest BCUT2D eigenvalue weighted by atomic mass is 10.0. The third-order valence-electron chi connectivity index (χ3n) is 3.22. The highest BCUT2D eigenvalue weighted by molar-refractivity contribution is 7.80. The monoisotopic (exact) mass is 288 g/mol. The van der Waals surface area contributed by atoms with Crippen LogP contribution < -0.4 is 11.1 Å². The molecule has 0 saturated heterocycles. The molecular formula is C16H17FN2S. The van der Waals surface area contributed by atoms with E-state index in [0.29, 0.717) is 23.7 Å². The minimum absolute atomic E-state index is 0.202. The maximum atomic E-state index is 13.9. The first-order valence-corrected chi connectivity index (χ1v) is 6.87. The smallest absolute Gasteiger partial charge is 0.146 e. The van der Waals surface area contributed by atoms with Crippen molar-refractivity contribution in [2.75, 3.05) is 11.9 Å². The zero-order valence-corrected chi connectivity index (χ0v) is 12.1. The van der Waals surface area contributed by atoms with Crippen LogP contribution in [-0.2, 0) is 0 Å². The van der Waals surface area contributed by atoms with Gasteiger partial charge < -0.3 is 11.1 Å². The fourth-order valence-electron chi connectivity index (χ4n) is 1.97. The van der Waals surface area contributed by atoms with Crippen molar-refractivity contribution in [3.8, 4) is 0 Å². The number of hydrogen-bond acceptors (Lipinski definition) is 2. The van der Waals surface area contributed by atoms with E-state index in [1.807, 2.05) is 18.2 Å². The van der Waals surface area contributed by atoms with E-state index in [4.69, 9.17) is 18.0 Å². The molecule has 2 aromatic carbocycles. The fraction of sp³-hybridized carbons (Fsp3) is 0.188. The second-order valence-corrected chi connectivity index (χ2v) is 5.19. The first kappa shape index (κ1) is 14.5. The molecule has 2 nitrogen and oxygen atoms in total. The number of halogens is 1. The minimum Gasteiger partial charge on any atom is -0.389 e. The third kappa shape index (κ3) is 3.54. The van der Waals surface area contributed by atoms with Crippen molar-refractivity contribution >= 4 is 22.9 Å². The van der Waals surface area contributed by atoms with E-state index in [9.17, 15) is 4.39 Å². The van der Waals surface area contributed by atoms with Crippen LogP contribution in [-0.4, -0.2) is 11.5 Å². The number of nitrogens with two attached hydrogens (primary N) is 1. The van der Waals surface area contributed by atoms with Crippen molar-refractivity contribution < 1.29 is 4.39 Å². The van der Waals surface area contributed by atoms with Gasteiger partial charge in [0.2, 0.25) is 0 Å². The zero-order chi connectivity index (χ0) is 14.5. The van der Waals surface area contributed by atoms with Crippen molar-refractivity contribution in [2.24, 2.45) is 5.73 Å². The summed E-state index contributed by atoms with van der Waals surface area (Å²) in [6.45, 7) is 2.76. The second kappa shape index (κ2) is 6.48. The summed E-state index contributed by atoms with van der Waals surface area (Å²) in [7, 11) is 0. The average molecular weight is 288 g/mol. The maximum Gasteiger partial charge on any atom is 0.146 e. The first-order chi connectivity index (χ1) is 9.58. The molecule has 0 saturated carbocycles. The van der Waals surface area contributed by atoms with Crippen LogP contribution in [0.1, 0.15) is 24.0 Å². The van der Waals surface area contributed by atoms with Crippen LogP contribution in [0.3, 0.4) is 0 Å². The normalized spacial score (nSPS) is 11.9. The van der Waals surface area contributed by atoms with Crippen LogP contribution >= 0.6 is 12.2 Å². The molecule has 2 rings (SSSR count). The highest BCUT2D eigenvalue weighted by Gasteiger charge is 2.08. The first-order valence-electron chi connectivity index (χ1n) is 6.46. The lowest BCUT2D eigenvalue weighted by molar-refractivity contribution is 0.628. The lowest BCUT2D eigenvalue weighted by Crippen LogP contribution is -2.13. The summed E-state index contributed by atoms with van der Waals surface area (Å²) in [5.74, 6) is -0.0403. The van der Waals surface area contributed by atoms with E-state index in [1.165, 1.54) is 11.6 Å². The standard InChI is InChI=1S/C16H17FN2S/c1-11(12-5-3-2-4-6-12)10-19-15-8-7-13(16(18)20)9-14(15)17/h2-9,11,19H,10H2,1H3,(H2,18,20). The molecule has 0 aliphatic rings. The lowest BCUT2D eigenvalue weighted by Gasteiger charge is -2.15. The van der Waals surface area contributed by atoms with E-state index >= 15 is 0 Å². The Morgan fingerprint density at radius 1 is 1.25 bits per heavy atom. The van der Waals surface area contributed by atoms with Gasteiger partial charge in [0.25, 0.3) is 0 Å². The molecule has 104 valence electrons. The van der Waals surface area contributed by atoms with Crippen molar-refractivity contribution in [2.45, 2.75) is 12.8 Å². The van der Waals surface area contributed by atoms with Gasteiger partial charge >= 0.3 is 0 Å². The number of thiocarbonyl (C=S) groups is 1. The van der Waals surface area contributed by atoms with Gasteiger partial charge in [-0.1, -0.05) is 49.5 Å². The van der Waals surface area contributed by atoms with E-state index < -0.39 is 0 Å². The highest BCUT2D eigenvalue weighted by Crippen LogP contribution is 2.19. The number of benzene rings is 2. The molecule has 0 aliphatic carbocycles. The van der Waals surface area contributed by atoms with Gasteiger partial charge in [-0.05, 0) is 29.7 Å². The molecule has 1 atom stereocenters. The second-order valence-electron chi connectivity index (χ2n) is 4.75. The quantitative estimate of drug-likeness (QED) is 0.824. The van der Waals surface area contributed by atoms with Crippen LogP contribution in [0, 0.1) is 5.82 Å². The van der Waals surface area contributed by atoms with E-state index in [0.717, 1.165) is 0 Å². The Bertz CT molecular complexity index is 599. The van der Waals surface area contributed by atoms with Crippen molar-refractivity contribution in [3.05, 3.63) is 65.5 Å². The van der Waals surface area contributed by atoms with Gasteiger partial charge in [0.15, 0.2) is 0 Å². The summed E-state index contributed by atoms with van der Waals surface area (Å²) >= 11 is 4.83. The van der Waals surface area contributed by atoms with Crippen LogP contribution in [0.15, 0.2) is 48.5 Å². The largest absolute Gasteiger partial charge is 0.389 e. The van der Waals surface area contributed by atoms with Gasteiger partial charge in [0.1, 0.15) is 10.8 Å². The van der Waals surface area contributed by atoms with E-state index in [1.54, 1.807) is 12.1 Å².